The number of aliphatic carboxylic acids is 1. The largest absolute Gasteiger partial charge is 0.548 e. The molecule has 0 radical (unpaired) electrons. The molecule has 116 valence electrons. The van der Waals surface area contributed by atoms with Crippen molar-refractivity contribution < 1.29 is 19.3 Å². The Morgan fingerprint density at radius 1 is 1.50 bits per heavy atom. The Hall–Kier alpha value is -2.70. The molecule has 0 unspecified atom stereocenters. The van der Waals surface area contributed by atoms with Gasteiger partial charge in [-0.15, -0.1) is 0 Å². The van der Waals surface area contributed by atoms with E-state index in [4.69, 9.17) is 0 Å². The van der Waals surface area contributed by atoms with E-state index in [0.29, 0.717) is 12.2 Å². The first kappa shape index (κ1) is 15.7. The summed E-state index contributed by atoms with van der Waals surface area (Å²) < 4.78 is 1.89. The van der Waals surface area contributed by atoms with Crippen molar-refractivity contribution in [3.63, 3.8) is 0 Å². The number of pyridine rings is 1. The third kappa shape index (κ3) is 4.69. The molecule has 22 heavy (non-hydrogen) atoms. The van der Waals surface area contributed by atoms with Crippen molar-refractivity contribution in [1.29, 1.82) is 0 Å². The number of rotatable bonds is 7. The lowest BCUT2D eigenvalue weighted by molar-refractivity contribution is -0.696. The van der Waals surface area contributed by atoms with Crippen LogP contribution in [0.5, 0.6) is 0 Å². The lowest BCUT2D eigenvalue weighted by Gasteiger charge is -2.18. The Balaban J connectivity index is 1.87. The van der Waals surface area contributed by atoms with Gasteiger partial charge in [-0.1, -0.05) is 0 Å². The summed E-state index contributed by atoms with van der Waals surface area (Å²) in [5.41, 5.74) is 1.72. The Kier molecular flexibility index (Phi) is 5.24. The number of H-pyrrole nitrogens is 1. The van der Waals surface area contributed by atoms with E-state index in [1.165, 1.54) is 12.5 Å². The monoisotopic (exact) mass is 302 g/mol. The first-order valence-corrected chi connectivity index (χ1v) is 6.98. The number of aromatic amines is 1. The number of carbonyl (C=O) groups excluding carboxylic acids is 2. The van der Waals surface area contributed by atoms with Crippen LogP contribution in [0.4, 0.5) is 0 Å². The average molecular weight is 302 g/mol. The second kappa shape index (κ2) is 7.35. The summed E-state index contributed by atoms with van der Waals surface area (Å²) in [6, 6.07) is 2.79. The number of carbonyl (C=O) groups is 2. The van der Waals surface area contributed by atoms with E-state index in [2.05, 4.69) is 15.3 Å². The minimum absolute atomic E-state index is 0.117. The minimum Gasteiger partial charge on any atom is -0.548 e. The molecular formula is C15H18N4O3. The van der Waals surface area contributed by atoms with E-state index in [-0.39, 0.29) is 18.7 Å². The number of hydrogen-bond donors (Lipinski definition) is 2. The molecule has 0 saturated carbocycles. The standard InChI is InChI=1S/C15H18N4O3/c1-11-3-2-5-19(9-11)6-4-14(20)18-13(15(21)22)7-12-8-16-10-17-12/h2-3,5,8-10,13H,4,6-7H2,1H3,(H2-,16,17,18,20,21,22)/t13-/m0/s1. The smallest absolute Gasteiger partial charge is 0.226 e. The molecule has 0 saturated heterocycles. The molecule has 1 atom stereocenters. The van der Waals surface area contributed by atoms with Gasteiger partial charge in [-0.25, -0.2) is 9.55 Å². The molecule has 0 aliphatic carbocycles. The summed E-state index contributed by atoms with van der Waals surface area (Å²) in [5, 5.41) is 13.6. The second-order valence-electron chi connectivity index (χ2n) is 5.09. The van der Waals surface area contributed by atoms with Gasteiger partial charge < -0.3 is 20.2 Å². The Morgan fingerprint density at radius 3 is 2.95 bits per heavy atom. The first-order chi connectivity index (χ1) is 10.5. The van der Waals surface area contributed by atoms with Gasteiger partial charge in [0.15, 0.2) is 18.9 Å². The van der Waals surface area contributed by atoms with E-state index in [9.17, 15) is 14.7 Å². The number of imidazole rings is 1. The summed E-state index contributed by atoms with van der Waals surface area (Å²) in [4.78, 5) is 29.6. The molecule has 1 amide bonds. The molecule has 0 aromatic carbocycles. The van der Waals surface area contributed by atoms with Crippen LogP contribution in [0.3, 0.4) is 0 Å². The fraction of sp³-hybridized carbons (Fsp3) is 0.333. The number of hydrogen-bond acceptors (Lipinski definition) is 4. The maximum atomic E-state index is 11.9. The van der Waals surface area contributed by atoms with Crippen molar-refractivity contribution in [3.8, 4) is 0 Å². The van der Waals surface area contributed by atoms with Gasteiger partial charge >= 0.3 is 0 Å². The highest BCUT2D eigenvalue weighted by molar-refractivity contribution is 5.82. The van der Waals surface area contributed by atoms with Crippen LogP contribution in [0.25, 0.3) is 0 Å². The van der Waals surface area contributed by atoms with Crippen molar-refractivity contribution in [2.24, 2.45) is 0 Å². The normalized spacial score (nSPS) is 11.9. The van der Waals surface area contributed by atoms with E-state index in [1.54, 1.807) is 0 Å². The molecular weight excluding hydrogens is 284 g/mol. The van der Waals surface area contributed by atoms with Gasteiger partial charge in [0.25, 0.3) is 0 Å². The Labute approximate surface area is 128 Å². The van der Waals surface area contributed by atoms with Crippen LogP contribution >= 0.6 is 0 Å². The van der Waals surface area contributed by atoms with Crippen LogP contribution in [0.15, 0.2) is 37.1 Å². The van der Waals surface area contributed by atoms with Crippen LogP contribution in [-0.2, 0) is 22.6 Å². The maximum absolute atomic E-state index is 11.9. The van der Waals surface area contributed by atoms with Gasteiger partial charge in [-0.05, 0) is 13.0 Å². The zero-order valence-electron chi connectivity index (χ0n) is 12.3. The second-order valence-corrected chi connectivity index (χ2v) is 5.09. The SMILES string of the molecule is Cc1ccc[n+](CCC(=O)N[C@@H](Cc2cnc[nH]2)C(=O)[O-])c1. The first-order valence-electron chi connectivity index (χ1n) is 6.98. The summed E-state index contributed by atoms with van der Waals surface area (Å²) in [5.74, 6) is -1.64. The molecule has 2 rings (SSSR count). The topological polar surface area (TPSA) is 102 Å². The molecule has 2 aromatic heterocycles. The molecule has 0 spiro atoms. The van der Waals surface area contributed by atoms with Gasteiger partial charge in [0.05, 0.1) is 24.8 Å². The average Bonchev–Trinajstić information content (AvgIpc) is 2.97. The van der Waals surface area contributed by atoms with Gasteiger partial charge in [-0.3, -0.25) is 4.79 Å². The minimum atomic E-state index is -1.31. The maximum Gasteiger partial charge on any atom is 0.226 e. The molecule has 2 heterocycles. The fourth-order valence-electron chi connectivity index (χ4n) is 2.10. The highest BCUT2D eigenvalue weighted by Gasteiger charge is 2.16. The van der Waals surface area contributed by atoms with Gasteiger partial charge in [-0.2, -0.15) is 0 Å². The predicted octanol–water partition coefficient (Wildman–Crippen LogP) is -1.13. The number of aryl methyl sites for hydroxylation is 2. The number of aromatic nitrogens is 3. The number of amides is 1. The highest BCUT2D eigenvalue weighted by Crippen LogP contribution is 1.98. The number of carboxylic acids is 1. The zero-order chi connectivity index (χ0) is 15.9. The van der Waals surface area contributed by atoms with Crippen molar-refractivity contribution in [3.05, 3.63) is 48.3 Å². The van der Waals surface area contributed by atoms with E-state index in [1.807, 2.05) is 36.0 Å². The lowest BCUT2D eigenvalue weighted by atomic mass is 10.1. The molecule has 0 bridgehead atoms. The molecule has 0 aliphatic rings. The van der Waals surface area contributed by atoms with Crippen molar-refractivity contribution >= 4 is 11.9 Å². The van der Waals surface area contributed by atoms with Gasteiger partial charge in [0.1, 0.15) is 0 Å². The Bertz CT molecular complexity index is 640. The van der Waals surface area contributed by atoms with Crippen molar-refractivity contribution in [2.75, 3.05) is 0 Å². The molecule has 0 fully saturated rings. The van der Waals surface area contributed by atoms with Crippen LogP contribution in [0.1, 0.15) is 17.7 Å². The van der Waals surface area contributed by atoms with Gasteiger partial charge in [0, 0.05) is 29.9 Å². The molecule has 2 N–H and O–H groups in total. The molecule has 2 aromatic rings. The number of nitrogens with one attached hydrogen (secondary N) is 2. The van der Waals surface area contributed by atoms with Crippen molar-refractivity contribution in [1.82, 2.24) is 15.3 Å². The zero-order valence-corrected chi connectivity index (χ0v) is 12.3. The van der Waals surface area contributed by atoms with Crippen molar-refractivity contribution in [2.45, 2.75) is 32.4 Å². The summed E-state index contributed by atoms with van der Waals surface area (Å²) in [6.07, 6.45) is 7.07. The summed E-state index contributed by atoms with van der Waals surface area (Å²) in [7, 11) is 0. The number of carboxylic acid groups (broad SMARTS) is 1. The Morgan fingerprint density at radius 2 is 2.32 bits per heavy atom. The molecule has 0 aliphatic heterocycles. The van der Waals surface area contributed by atoms with Crippen LogP contribution in [-0.4, -0.2) is 27.9 Å². The van der Waals surface area contributed by atoms with Crippen LogP contribution in [0, 0.1) is 6.92 Å². The molecule has 7 nitrogen and oxygen atoms in total. The van der Waals surface area contributed by atoms with E-state index in [0.717, 1.165) is 5.56 Å². The number of nitrogens with zero attached hydrogens (tertiary/aromatic N) is 2. The van der Waals surface area contributed by atoms with E-state index < -0.39 is 12.0 Å². The highest BCUT2D eigenvalue weighted by atomic mass is 16.4. The quantitative estimate of drug-likeness (QED) is 0.632. The summed E-state index contributed by atoms with van der Waals surface area (Å²) in [6.45, 7) is 2.45. The van der Waals surface area contributed by atoms with E-state index >= 15 is 0 Å². The third-order valence-electron chi connectivity index (χ3n) is 3.20. The van der Waals surface area contributed by atoms with Crippen LogP contribution < -0.4 is 15.0 Å². The predicted molar refractivity (Wildman–Crippen MR) is 75.2 cm³/mol. The third-order valence-corrected chi connectivity index (χ3v) is 3.20. The van der Waals surface area contributed by atoms with Crippen LogP contribution in [0.2, 0.25) is 0 Å². The summed E-state index contributed by atoms with van der Waals surface area (Å²) >= 11 is 0. The molecule has 7 heteroatoms. The van der Waals surface area contributed by atoms with Gasteiger partial charge in [0.2, 0.25) is 5.91 Å². The lowest BCUT2D eigenvalue weighted by Crippen LogP contribution is -2.50. The fourth-order valence-corrected chi connectivity index (χ4v) is 2.10.